The van der Waals surface area contributed by atoms with Crippen LogP contribution < -0.4 is 0 Å². The molecule has 0 bridgehead atoms. The Labute approximate surface area is 126 Å². The first-order valence-electron chi connectivity index (χ1n) is 7.62. The smallest absolute Gasteiger partial charge is 0.109 e. The molecule has 1 heterocycles. The molecule has 4 nitrogen and oxygen atoms in total. The molecule has 21 heavy (non-hydrogen) atoms. The summed E-state index contributed by atoms with van der Waals surface area (Å²) in [4.78, 5) is 4.73. The summed E-state index contributed by atoms with van der Waals surface area (Å²) >= 11 is 0. The van der Waals surface area contributed by atoms with Gasteiger partial charge in [-0.2, -0.15) is 5.26 Å². The van der Waals surface area contributed by atoms with Crippen LogP contribution in [-0.4, -0.2) is 22.8 Å². The van der Waals surface area contributed by atoms with Gasteiger partial charge >= 0.3 is 0 Å². The highest BCUT2D eigenvalue weighted by Gasteiger charge is 2.12. The molecule has 0 radical (unpaired) electrons. The zero-order valence-electron chi connectivity index (χ0n) is 13.1. The molecule has 0 saturated heterocycles. The SMILES string of the molecule is CCOCCCc1nc2cc(C#N)ccc2n1CC(C)C. The topological polar surface area (TPSA) is 50.8 Å². The van der Waals surface area contributed by atoms with Crippen LogP contribution in [-0.2, 0) is 17.7 Å². The van der Waals surface area contributed by atoms with Crippen molar-refractivity contribution < 1.29 is 4.74 Å². The minimum Gasteiger partial charge on any atom is -0.382 e. The Morgan fingerprint density at radius 2 is 2.19 bits per heavy atom. The summed E-state index contributed by atoms with van der Waals surface area (Å²) < 4.78 is 7.69. The van der Waals surface area contributed by atoms with Crippen LogP contribution in [0, 0.1) is 17.2 Å². The highest BCUT2D eigenvalue weighted by Crippen LogP contribution is 2.20. The van der Waals surface area contributed by atoms with Gasteiger partial charge in [-0.3, -0.25) is 0 Å². The quantitative estimate of drug-likeness (QED) is 0.731. The predicted molar refractivity (Wildman–Crippen MR) is 84.1 cm³/mol. The molecule has 0 saturated carbocycles. The van der Waals surface area contributed by atoms with E-state index in [-0.39, 0.29) is 0 Å². The molecule has 2 aromatic rings. The second-order valence-electron chi connectivity index (χ2n) is 5.65. The highest BCUT2D eigenvalue weighted by atomic mass is 16.5. The van der Waals surface area contributed by atoms with Gasteiger partial charge in [0.25, 0.3) is 0 Å². The largest absolute Gasteiger partial charge is 0.382 e. The van der Waals surface area contributed by atoms with Gasteiger partial charge in [-0.15, -0.1) is 0 Å². The number of fused-ring (bicyclic) bond motifs is 1. The number of nitrogens with zero attached hydrogens (tertiary/aromatic N) is 3. The lowest BCUT2D eigenvalue weighted by Gasteiger charge is -2.11. The van der Waals surface area contributed by atoms with Gasteiger partial charge in [-0.05, 0) is 37.5 Å². The van der Waals surface area contributed by atoms with Crippen LogP contribution in [0.25, 0.3) is 11.0 Å². The zero-order chi connectivity index (χ0) is 15.2. The number of hydrogen-bond acceptors (Lipinski definition) is 3. The molecule has 0 fully saturated rings. The molecule has 4 heteroatoms. The lowest BCUT2D eigenvalue weighted by atomic mass is 10.2. The highest BCUT2D eigenvalue weighted by molar-refractivity contribution is 5.77. The van der Waals surface area contributed by atoms with Crippen molar-refractivity contribution in [3.05, 3.63) is 29.6 Å². The van der Waals surface area contributed by atoms with E-state index in [1.807, 2.05) is 25.1 Å². The Morgan fingerprint density at radius 1 is 1.38 bits per heavy atom. The van der Waals surface area contributed by atoms with E-state index in [1.54, 1.807) is 0 Å². The summed E-state index contributed by atoms with van der Waals surface area (Å²) in [6.45, 7) is 8.90. The van der Waals surface area contributed by atoms with Crippen molar-refractivity contribution in [3.63, 3.8) is 0 Å². The molecule has 0 N–H and O–H groups in total. The van der Waals surface area contributed by atoms with Gasteiger partial charge in [0.2, 0.25) is 0 Å². The summed E-state index contributed by atoms with van der Waals surface area (Å²) in [5, 5.41) is 9.02. The van der Waals surface area contributed by atoms with Crippen LogP contribution >= 0.6 is 0 Å². The minimum absolute atomic E-state index is 0.559. The molecular formula is C17H23N3O. The lowest BCUT2D eigenvalue weighted by Crippen LogP contribution is -2.09. The predicted octanol–water partition coefficient (Wildman–Crippen LogP) is 3.53. The Bertz CT molecular complexity index is 637. The van der Waals surface area contributed by atoms with E-state index in [4.69, 9.17) is 15.0 Å². The van der Waals surface area contributed by atoms with Crippen LogP contribution in [0.3, 0.4) is 0 Å². The van der Waals surface area contributed by atoms with E-state index < -0.39 is 0 Å². The average Bonchev–Trinajstić information content (AvgIpc) is 2.80. The molecule has 0 spiro atoms. The first-order chi connectivity index (χ1) is 10.2. The van der Waals surface area contributed by atoms with Gasteiger partial charge in [-0.1, -0.05) is 13.8 Å². The fourth-order valence-corrected chi connectivity index (χ4v) is 2.49. The summed E-state index contributed by atoms with van der Waals surface area (Å²) in [6, 6.07) is 7.93. The summed E-state index contributed by atoms with van der Waals surface area (Å²) in [7, 11) is 0. The number of aromatic nitrogens is 2. The number of hydrogen-bond donors (Lipinski definition) is 0. The fraction of sp³-hybridized carbons (Fsp3) is 0.529. The van der Waals surface area contributed by atoms with Crippen LogP contribution in [0.15, 0.2) is 18.2 Å². The maximum absolute atomic E-state index is 9.02. The van der Waals surface area contributed by atoms with Crippen molar-refractivity contribution in [2.24, 2.45) is 5.92 Å². The van der Waals surface area contributed by atoms with E-state index in [0.717, 1.165) is 49.5 Å². The molecule has 0 aliphatic carbocycles. The monoisotopic (exact) mass is 285 g/mol. The fourth-order valence-electron chi connectivity index (χ4n) is 2.49. The summed E-state index contributed by atoms with van der Waals surface area (Å²) in [5.74, 6) is 1.65. The minimum atomic E-state index is 0.559. The third kappa shape index (κ3) is 3.83. The van der Waals surface area contributed by atoms with E-state index in [1.165, 1.54) is 0 Å². The number of nitriles is 1. The Kier molecular flexibility index (Phi) is 5.35. The lowest BCUT2D eigenvalue weighted by molar-refractivity contribution is 0.144. The van der Waals surface area contributed by atoms with Crippen molar-refractivity contribution in [3.8, 4) is 6.07 Å². The molecule has 0 unspecified atom stereocenters. The average molecular weight is 285 g/mol. The second kappa shape index (κ2) is 7.24. The van der Waals surface area contributed by atoms with E-state index in [0.29, 0.717) is 11.5 Å². The first-order valence-corrected chi connectivity index (χ1v) is 7.62. The number of imidazole rings is 1. The summed E-state index contributed by atoms with van der Waals surface area (Å²) in [6.07, 6.45) is 1.88. The molecule has 0 aliphatic heterocycles. The Hall–Kier alpha value is -1.86. The number of aryl methyl sites for hydroxylation is 1. The molecule has 0 atom stereocenters. The van der Waals surface area contributed by atoms with Gasteiger partial charge in [0.05, 0.1) is 22.7 Å². The normalized spacial score (nSPS) is 11.2. The van der Waals surface area contributed by atoms with Crippen LogP contribution in [0.1, 0.15) is 38.6 Å². The van der Waals surface area contributed by atoms with Gasteiger partial charge in [0, 0.05) is 26.2 Å². The van der Waals surface area contributed by atoms with Crippen molar-refractivity contribution in [2.45, 2.75) is 40.2 Å². The van der Waals surface area contributed by atoms with Crippen LogP contribution in [0.4, 0.5) is 0 Å². The molecule has 0 amide bonds. The Morgan fingerprint density at radius 3 is 2.86 bits per heavy atom. The van der Waals surface area contributed by atoms with E-state index in [9.17, 15) is 0 Å². The van der Waals surface area contributed by atoms with Crippen molar-refractivity contribution in [1.82, 2.24) is 9.55 Å². The maximum Gasteiger partial charge on any atom is 0.109 e. The van der Waals surface area contributed by atoms with Gasteiger partial charge in [0.15, 0.2) is 0 Å². The zero-order valence-corrected chi connectivity index (χ0v) is 13.1. The van der Waals surface area contributed by atoms with Crippen molar-refractivity contribution in [2.75, 3.05) is 13.2 Å². The third-order valence-corrected chi connectivity index (χ3v) is 3.40. The molecule has 1 aromatic heterocycles. The molecule has 0 aliphatic rings. The van der Waals surface area contributed by atoms with Gasteiger partial charge in [-0.25, -0.2) is 4.98 Å². The number of ether oxygens (including phenoxy) is 1. The molecular weight excluding hydrogens is 262 g/mol. The maximum atomic E-state index is 9.02. The molecule has 1 aromatic carbocycles. The van der Waals surface area contributed by atoms with E-state index >= 15 is 0 Å². The van der Waals surface area contributed by atoms with Crippen LogP contribution in [0.2, 0.25) is 0 Å². The standard InChI is InChI=1S/C17H23N3O/c1-4-21-9-5-6-17-19-15-10-14(11-18)7-8-16(15)20(17)12-13(2)3/h7-8,10,13H,4-6,9,12H2,1-3H3. The van der Waals surface area contributed by atoms with Crippen LogP contribution in [0.5, 0.6) is 0 Å². The van der Waals surface area contributed by atoms with Crippen molar-refractivity contribution in [1.29, 1.82) is 5.26 Å². The van der Waals surface area contributed by atoms with Gasteiger partial charge < -0.3 is 9.30 Å². The number of rotatable bonds is 7. The Balaban J connectivity index is 2.30. The van der Waals surface area contributed by atoms with E-state index in [2.05, 4.69) is 24.5 Å². The third-order valence-electron chi connectivity index (χ3n) is 3.40. The van der Waals surface area contributed by atoms with Crippen molar-refractivity contribution >= 4 is 11.0 Å². The van der Waals surface area contributed by atoms with Gasteiger partial charge in [0.1, 0.15) is 5.82 Å². The number of benzene rings is 1. The summed E-state index contributed by atoms with van der Waals surface area (Å²) in [5.41, 5.74) is 2.70. The second-order valence-corrected chi connectivity index (χ2v) is 5.65. The molecule has 112 valence electrons. The molecule has 2 rings (SSSR count). The first kappa shape index (κ1) is 15.5.